The standard InChI is InChI=1S/C30H31BrN4O4/c1-20-8-7-9-26(34-14-5-4-6-15-34)29(20)35(23-12-10-21(19-32)11-13-23)33-28(36)17-22-16-27(38-2)24(18-25(22)31)30(37)39-3/h7-13,16,18H,4-6,14-15,17H2,1-3H3,(H,33,36). The van der Waals surface area contributed by atoms with Crippen molar-refractivity contribution in [1.29, 1.82) is 5.26 Å². The van der Waals surface area contributed by atoms with E-state index in [9.17, 15) is 14.9 Å². The van der Waals surface area contributed by atoms with Gasteiger partial charge in [-0.1, -0.05) is 28.1 Å². The lowest BCUT2D eigenvalue weighted by Crippen LogP contribution is -2.41. The lowest BCUT2D eigenvalue weighted by molar-refractivity contribution is -0.120. The number of nitrogens with one attached hydrogen (secondary N) is 1. The summed E-state index contributed by atoms with van der Waals surface area (Å²) in [7, 11) is 2.77. The van der Waals surface area contributed by atoms with E-state index in [1.165, 1.54) is 20.6 Å². The van der Waals surface area contributed by atoms with Crippen LogP contribution in [0.4, 0.5) is 17.1 Å². The van der Waals surface area contributed by atoms with E-state index in [4.69, 9.17) is 9.47 Å². The Bertz CT molecular complexity index is 1400. The third-order valence-electron chi connectivity index (χ3n) is 6.75. The number of hydrogen-bond donors (Lipinski definition) is 1. The molecule has 1 aliphatic heterocycles. The molecule has 0 atom stereocenters. The quantitative estimate of drug-likeness (QED) is 0.260. The monoisotopic (exact) mass is 590 g/mol. The highest BCUT2D eigenvalue weighted by Crippen LogP contribution is 2.38. The maximum atomic E-state index is 13.5. The SMILES string of the molecule is COC(=O)c1cc(Br)c(CC(=O)NN(c2ccc(C#N)cc2)c2c(C)cccc2N2CCCCC2)cc1OC. The van der Waals surface area contributed by atoms with Gasteiger partial charge in [0.2, 0.25) is 5.91 Å². The van der Waals surface area contributed by atoms with Gasteiger partial charge in [0.05, 0.1) is 49.3 Å². The summed E-state index contributed by atoms with van der Waals surface area (Å²) in [6.45, 7) is 3.92. The van der Waals surface area contributed by atoms with Gasteiger partial charge in [0, 0.05) is 17.6 Å². The Morgan fingerprint density at radius 2 is 1.79 bits per heavy atom. The molecule has 4 rings (SSSR count). The number of halogens is 1. The Labute approximate surface area is 237 Å². The number of hydrazine groups is 1. The summed E-state index contributed by atoms with van der Waals surface area (Å²) in [6.07, 6.45) is 3.47. The number of hydrogen-bond acceptors (Lipinski definition) is 7. The minimum absolute atomic E-state index is 0.0239. The number of benzene rings is 3. The largest absolute Gasteiger partial charge is 0.496 e. The fourth-order valence-electron chi connectivity index (χ4n) is 4.77. The predicted molar refractivity (Wildman–Crippen MR) is 154 cm³/mol. The van der Waals surface area contributed by atoms with Crippen molar-refractivity contribution in [2.75, 3.05) is 37.2 Å². The van der Waals surface area contributed by atoms with Gasteiger partial charge in [-0.25, -0.2) is 4.79 Å². The topological polar surface area (TPSA) is 94.9 Å². The average Bonchev–Trinajstić information content (AvgIpc) is 2.97. The van der Waals surface area contributed by atoms with Gasteiger partial charge in [-0.15, -0.1) is 0 Å². The van der Waals surface area contributed by atoms with Crippen LogP contribution in [0.2, 0.25) is 0 Å². The predicted octanol–water partition coefficient (Wildman–Crippen LogP) is 5.83. The molecule has 3 aromatic rings. The van der Waals surface area contributed by atoms with Crippen molar-refractivity contribution in [3.8, 4) is 11.8 Å². The van der Waals surface area contributed by atoms with E-state index in [2.05, 4.69) is 38.4 Å². The van der Waals surface area contributed by atoms with Gasteiger partial charge in [0.1, 0.15) is 11.3 Å². The van der Waals surface area contributed by atoms with Crippen molar-refractivity contribution in [3.05, 3.63) is 81.3 Å². The number of ether oxygens (including phenoxy) is 2. The van der Waals surface area contributed by atoms with Gasteiger partial charge in [-0.05, 0) is 79.8 Å². The zero-order valence-electron chi connectivity index (χ0n) is 22.3. The number of esters is 1. The number of piperidine rings is 1. The van der Waals surface area contributed by atoms with Crippen LogP contribution in [-0.4, -0.2) is 39.2 Å². The number of carbonyl (C=O) groups is 2. The summed E-state index contributed by atoms with van der Waals surface area (Å²) < 4.78 is 10.8. The van der Waals surface area contributed by atoms with Crippen LogP contribution >= 0.6 is 15.9 Å². The highest BCUT2D eigenvalue weighted by Gasteiger charge is 2.24. The van der Waals surface area contributed by atoms with Gasteiger partial charge < -0.3 is 14.4 Å². The molecule has 0 bridgehead atoms. The maximum absolute atomic E-state index is 13.5. The van der Waals surface area contributed by atoms with Crippen molar-refractivity contribution in [3.63, 3.8) is 0 Å². The first kappa shape index (κ1) is 28.0. The summed E-state index contributed by atoms with van der Waals surface area (Å²) in [5.74, 6) is -0.468. The van der Waals surface area contributed by atoms with E-state index < -0.39 is 5.97 Å². The zero-order chi connectivity index (χ0) is 27.9. The second-order valence-corrected chi connectivity index (χ2v) is 10.2. The molecule has 0 aromatic heterocycles. The molecular formula is C30H31BrN4O4. The molecule has 0 radical (unpaired) electrons. The number of aryl methyl sites for hydroxylation is 1. The van der Waals surface area contributed by atoms with Crippen molar-refractivity contribution in [1.82, 2.24) is 5.43 Å². The molecule has 0 aliphatic carbocycles. The molecule has 3 aromatic carbocycles. The fourth-order valence-corrected chi connectivity index (χ4v) is 5.25. The highest BCUT2D eigenvalue weighted by atomic mass is 79.9. The van der Waals surface area contributed by atoms with Crippen molar-refractivity contribution in [2.24, 2.45) is 0 Å². The van der Waals surface area contributed by atoms with Crippen LogP contribution in [0.15, 0.2) is 59.1 Å². The molecule has 1 fully saturated rings. The number of nitriles is 1. The number of anilines is 3. The molecule has 0 spiro atoms. The second kappa shape index (κ2) is 12.7. The third kappa shape index (κ3) is 6.35. The normalized spacial score (nSPS) is 12.8. The summed E-state index contributed by atoms with van der Waals surface area (Å²) in [4.78, 5) is 28.1. The smallest absolute Gasteiger partial charge is 0.341 e. The molecule has 0 saturated carbocycles. The first-order valence-electron chi connectivity index (χ1n) is 12.7. The first-order chi connectivity index (χ1) is 18.9. The molecule has 0 unspecified atom stereocenters. The Kier molecular flexibility index (Phi) is 9.10. The minimum atomic E-state index is -0.527. The molecule has 1 amide bonds. The number of amides is 1. The Morgan fingerprint density at radius 3 is 2.44 bits per heavy atom. The van der Waals surface area contributed by atoms with E-state index >= 15 is 0 Å². The number of rotatable bonds is 8. The van der Waals surface area contributed by atoms with Gasteiger partial charge in [0.15, 0.2) is 0 Å². The molecule has 39 heavy (non-hydrogen) atoms. The van der Waals surface area contributed by atoms with Crippen molar-refractivity contribution < 1.29 is 19.1 Å². The van der Waals surface area contributed by atoms with E-state index in [-0.39, 0.29) is 17.9 Å². The van der Waals surface area contributed by atoms with Crippen LogP contribution in [0.5, 0.6) is 5.75 Å². The van der Waals surface area contributed by atoms with Gasteiger partial charge in [-0.2, -0.15) is 5.26 Å². The van der Waals surface area contributed by atoms with Crippen LogP contribution in [0.3, 0.4) is 0 Å². The Morgan fingerprint density at radius 1 is 1.08 bits per heavy atom. The third-order valence-corrected chi connectivity index (χ3v) is 7.49. The maximum Gasteiger partial charge on any atom is 0.341 e. The fraction of sp³-hybridized carbons (Fsp3) is 0.300. The van der Waals surface area contributed by atoms with E-state index in [0.29, 0.717) is 21.3 Å². The van der Waals surface area contributed by atoms with Gasteiger partial charge in [-0.3, -0.25) is 15.2 Å². The zero-order valence-corrected chi connectivity index (χ0v) is 23.9. The van der Waals surface area contributed by atoms with E-state index in [1.807, 2.05) is 31.2 Å². The van der Waals surface area contributed by atoms with E-state index in [0.717, 1.165) is 48.6 Å². The average molecular weight is 592 g/mol. The minimum Gasteiger partial charge on any atom is -0.496 e. The van der Waals surface area contributed by atoms with Crippen LogP contribution < -0.4 is 20.1 Å². The molecule has 202 valence electrons. The highest BCUT2D eigenvalue weighted by molar-refractivity contribution is 9.10. The molecular weight excluding hydrogens is 560 g/mol. The summed E-state index contributed by atoms with van der Waals surface area (Å²) >= 11 is 3.49. The summed E-state index contributed by atoms with van der Waals surface area (Å²) in [5.41, 5.74) is 8.22. The number of methoxy groups -OCH3 is 2. The summed E-state index contributed by atoms with van der Waals surface area (Å²) in [6, 6.07) is 18.7. The van der Waals surface area contributed by atoms with Gasteiger partial charge >= 0.3 is 5.97 Å². The Balaban J connectivity index is 1.71. The lowest BCUT2D eigenvalue weighted by atomic mass is 10.1. The molecule has 1 aliphatic rings. The lowest BCUT2D eigenvalue weighted by Gasteiger charge is -2.35. The molecule has 1 heterocycles. The van der Waals surface area contributed by atoms with Crippen LogP contribution in [-0.2, 0) is 16.0 Å². The van der Waals surface area contributed by atoms with Crippen molar-refractivity contribution >= 4 is 44.9 Å². The molecule has 9 heteroatoms. The Hall–Kier alpha value is -4.03. The number of para-hydroxylation sites is 1. The number of carbonyl (C=O) groups excluding carboxylic acids is 2. The summed E-state index contributed by atoms with van der Waals surface area (Å²) in [5, 5.41) is 11.1. The first-order valence-corrected chi connectivity index (χ1v) is 13.5. The van der Waals surface area contributed by atoms with Crippen molar-refractivity contribution in [2.45, 2.75) is 32.6 Å². The molecule has 1 N–H and O–H groups in total. The van der Waals surface area contributed by atoms with Gasteiger partial charge in [0.25, 0.3) is 0 Å². The van der Waals surface area contributed by atoms with Crippen LogP contribution in [0, 0.1) is 18.3 Å². The van der Waals surface area contributed by atoms with E-state index in [1.54, 1.807) is 29.3 Å². The molecule has 1 saturated heterocycles. The molecule has 8 nitrogen and oxygen atoms in total. The number of nitrogens with zero attached hydrogens (tertiary/aromatic N) is 3. The van der Waals surface area contributed by atoms with Crippen LogP contribution in [0.1, 0.15) is 46.3 Å². The second-order valence-electron chi connectivity index (χ2n) is 9.33. The van der Waals surface area contributed by atoms with Crippen LogP contribution in [0.25, 0.3) is 0 Å².